The number of benzene rings is 2. The van der Waals surface area contributed by atoms with Gasteiger partial charge in [0.2, 0.25) is 0 Å². The van der Waals surface area contributed by atoms with Crippen molar-refractivity contribution in [2.75, 3.05) is 0 Å². The monoisotopic (exact) mass is 434 g/mol. The highest BCUT2D eigenvalue weighted by atomic mass is 28.3. The minimum absolute atomic E-state index is 0.122. The van der Waals surface area contributed by atoms with Crippen LogP contribution in [0.25, 0.3) is 10.8 Å². The Bertz CT molecular complexity index is 984. The van der Waals surface area contributed by atoms with Gasteiger partial charge in [-0.25, -0.2) is 0 Å². The summed E-state index contributed by atoms with van der Waals surface area (Å²) in [6.45, 7) is 22.4. The molecule has 1 saturated heterocycles. The van der Waals surface area contributed by atoms with Gasteiger partial charge in [-0.05, 0) is 65.6 Å². The number of terminal acetylenes is 1. The van der Waals surface area contributed by atoms with E-state index in [1.54, 1.807) is 0 Å². The Morgan fingerprint density at radius 1 is 0.903 bits per heavy atom. The van der Waals surface area contributed by atoms with Crippen molar-refractivity contribution in [3.05, 3.63) is 42.0 Å². The Morgan fingerprint density at radius 3 is 1.84 bits per heavy atom. The van der Waals surface area contributed by atoms with Gasteiger partial charge in [0.15, 0.2) is 8.07 Å². The lowest BCUT2D eigenvalue weighted by atomic mass is 9.74. The van der Waals surface area contributed by atoms with Crippen molar-refractivity contribution in [1.29, 1.82) is 0 Å². The highest BCUT2D eigenvalue weighted by molar-refractivity contribution is 6.92. The molecule has 0 amide bonds. The van der Waals surface area contributed by atoms with Crippen LogP contribution in [-0.2, 0) is 14.3 Å². The first-order valence-electron chi connectivity index (χ1n) is 11.6. The van der Waals surface area contributed by atoms with Crippen molar-refractivity contribution in [3.63, 3.8) is 0 Å². The molecule has 0 aromatic heterocycles. The van der Waals surface area contributed by atoms with Gasteiger partial charge in [-0.2, -0.15) is 0 Å². The molecule has 0 spiro atoms. The van der Waals surface area contributed by atoms with Crippen molar-refractivity contribution in [1.82, 2.24) is 0 Å². The zero-order chi connectivity index (χ0) is 23.4. The molecule has 0 bridgehead atoms. The van der Waals surface area contributed by atoms with Gasteiger partial charge in [0.25, 0.3) is 0 Å². The SMILES string of the molecule is C#C[Si](C(C)C)(C(C)C)C(C)(C)c1cccc2cccc(B3OC(C)(C)C(C)(C)O3)c12. The molecule has 2 nitrogen and oxygen atoms in total. The molecule has 0 aliphatic carbocycles. The van der Waals surface area contributed by atoms with E-state index in [4.69, 9.17) is 15.7 Å². The van der Waals surface area contributed by atoms with Crippen LogP contribution in [-0.4, -0.2) is 26.4 Å². The third kappa shape index (κ3) is 3.50. The maximum Gasteiger partial charge on any atom is 0.495 e. The maximum absolute atomic E-state index is 6.48. The van der Waals surface area contributed by atoms with Gasteiger partial charge in [-0.3, -0.25) is 0 Å². The van der Waals surface area contributed by atoms with E-state index < -0.39 is 15.2 Å². The first-order chi connectivity index (χ1) is 14.2. The van der Waals surface area contributed by atoms with Gasteiger partial charge in [0.05, 0.1) is 11.2 Å². The fourth-order valence-electron chi connectivity index (χ4n) is 5.90. The second kappa shape index (κ2) is 7.80. The Balaban J connectivity index is 2.30. The lowest BCUT2D eigenvalue weighted by molar-refractivity contribution is 0.00578. The molecule has 0 N–H and O–H groups in total. The van der Waals surface area contributed by atoms with Crippen molar-refractivity contribution in [2.24, 2.45) is 0 Å². The predicted molar refractivity (Wildman–Crippen MR) is 137 cm³/mol. The van der Waals surface area contributed by atoms with E-state index in [0.717, 1.165) is 5.46 Å². The normalized spacial score (nSPS) is 18.7. The van der Waals surface area contributed by atoms with E-state index in [2.05, 4.69) is 111 Å². The summed E-state index contributed by atoms with van der Waals surface area (Å²) in [5.74, 6) is 0. The van der Waals surface area contributed by atoms with Crippen LogP contribution in [0.5, 0.6) is 0 Å². The van der Waals surface area contributed by atoms with Gasteiger partial charge in [-0.15, -0.1) is 12.0 Å². The standard InChI is InChI=1S/C27H39BO2Si/c1-12-31(19(2)3,20(4)5)25(6,7)22-17-13-15-21-16-14-18-23(24(21)22)28-29-26(8,9)27(10,11)30-28/h1,13-20H,2-11H3. The van der Waals surface area contributed by atoms with E-state index in [9.17, 15) is 0 Å². The first kappa shape index (κ1) is 24.1. The van der Waals surface area contributed by atoms with Gasteiger partial charge < -0.3 is 9.31 Å². The summed E-state index contributed by atoms with van der Waals surface area (Å²) in [6.07, 6.45) is 6.37. The second-order valence-corrected chi connectivity index (χ2v) is 16.9. The number of rotatable bonds is 5. The van der Waals surface area contributed by atoms with Gasteiger partial charge in [0.1, 0.15) is 0 Å². The summed E-state index contributed by atoms with van der Waals surface area (Å²) >= 11 is 0. The minimum atomic E-state index is -2.18. The largest absolute Gasteiger partial charge is 0.495 e. The Labute approximate surface area is 191 Å². The van der Waals surface area contributed by atoms with E-state index in [-0.39, 0.29) is 16.2 Å². The molecule has 0 radical (unpaired) electrons. The summed E-state index contributed by atoms with van der Waals surface area (Å²) < 4.78 is 13.0. The molecule has 2 aromatic carbocycles. The third-order valence-corrected chi connectivity index (χ3v) is 14.7. The molecule has 166 valence electrons. The molecule has 1 aliphatic heterocycles. The topological polar surface area (TPSA) is 18.5 Å². The highest BCUT2D eigenvalue weighted by Gasteiger charge is 2.54. The summed E-state index contributed by atoms with van der Waals surface area (Å²) in [6, 6.07) is 13.1. The molecule has 3 rings (SSSR count). The van der Waals surface area contributed by atoms with Crippen molar-refractivity contribution < 1.29 is 9.31 Å². The molecular weight excluding hydrogens is 395 g/mol. The second-order valence-electron chi connectivity index (χ2n) is 11.3. The van der Waals surface area contributed by atoms with Crippen LogP contribution in [0.1, 0.15) is 74.8 Å². The van der Waals surface area contributed by atoms with Crippen LogP contribution in [0, 0.1) is 12.0 Å². The molecule has 1 fully saturated rings. The number of hydrogen-bond donors (Lipinski definition) is 0. The van der Waals surface area contributed by atoms with Crippen LogP contribution in [0.15, 0.2) is 36.4 Å². The van der Waals surface area contributed by atoms with Crippen LogP contribution in [0.3, 0.4) is 0 Å². The van der Waals surface area contributed by atoms with Crippen LogP contribution < -0.4 is 5.46 Å². The molecular formula is C27H39BO2Si. The molecule has 0 saturated carbocycles. The molecule has 2 aromatic rings. The summed E-state index contributed by atoms with van der Waals surface area (Å²) in [5.41, 5.74) is 6.01. The zero-order valence-electron chi connectivity index (χ0n) is 21.1. The quantitative estimate of drug-likeness (QED) is 0.401. The van der Waals surface area contributed by atoms with Crippen molar-refractivity contribution in [3.8, 4) is 12.0 Å². The van der Waals surface area contributed by atoms with Crippen molar-refractivity contribution in [2.45, 2.75) is 96.6 Å². The molecule has 1 aliphatic rings. The molecule has 4 heteroatoms. The molecule has 0 unspecified atom stereocenters. The van der Waals surface area contributed by atoms with E-state index >= 15 is 0 Å². The zero-order valence-corrected chi connectivity index (χ0v) is 22.1. The van der Waals surface area contributed by atoms with E-state index in [0.29, 0.717) is 11.1 Å². The van der Waals surface area contributed by atoms with Crippen molar-refractivity contribution >= 4 is 31.4 Å². The van der Waals surface area contributed by atoms with Crippen LogP contribution >= 0.6 is 0 Å². The predicted octanol–water partition coefficient (Wildman–Crippen LogP) is 6.40. The minimum Gasteiger partial charge on any atom is -0.399 e. The Kier molecular flexibility index (Phi) is 6.07. The third-order valence-electron chi connectivity index (χ3n) is 8.21. The fraction of sp³-hybridized carbons (Fsp3) is 0.556. The van der Waals surface area contributed by atoms with Gasteiger partial charge in [0, 0.05) is 0 Å². The fourth-order valence-corrected chi connectivity index (χ4v) is 11.8. The summed E-state index contributed by atoms with van der Waals surface area (Å²) in [5, 5.41) is 2.33. The average Bonchev–Trinajstić information content (AvgIpc) is 2.88. The smallest absolute Gasteiger partial charge is 0.399 e. The van der Waals surface area contributed by atoms with E-state index in [1.807, 2.05) is 0 Å². The highest BCUT2D eigenvalue weighted by Crippen LogP contribution is 2.48. The molecule has 31 heavy (non-hydrogen) atoms. The van der Waals surface area contributed by atoms with E-state index in [1.165, 1.54) is 16.3 Å². The summed E-state index contributed by atoms with van der Waals surface area (Å²) in [4.78, 5) is 0. The average molecular weight is 435 g/mol. The number of fused-ring (bicyclic) bond motifs is 1. The Hall–Kier alpha value is -1.54. The van der Waals surface area contributed by atoms with Gasteiger partial charge >= 0.3 is 7.12 Å². The molecule has 1 heterocycles. The van der Waals surface area contributed by atoms with Gasteiger partial charge in [-0.1, -0.05) is 77.9 Å². The lowest BCUT2D eigenvalue weighted by Crippen LogP contribution is -2.57. The first-order valence-corrected chi connectivity index (χ1v) is 13.7. The van der Waals surface area contributed by atoms with Crippen LogP contribution in [0.4, 0.5) is 0 Å². The maximum atomic E-state index is 6.48. The number of hydrogen-bond acceptors (Lipinski definition) is 2. The summed E-state index contributed by atoms with van der Waals surface area (Å²) in [7, 11) is -2.58. The van der Waals surface area contributed by atoms with Crippen LogP contribution in [0.2, 0.25) is 11.1 Å². The molecule has 0 atom stereocenters. The lowest BCUT2D eigenvalue weighted by Gasteiger charge is -2.48. The Morgan fingerprint density at radius 2 is 1.39 bits per heavy atom.